The lowest BCUT2D eigenvalue weighted by Gasteiger charge is -2.06. The average molecular weight is 361 g/mol. The van der Waals surface area contributed by atoms with Crippen LogP contribution in [0.25, 0.3) is 33.1 Å². The van der Waals surface area contributed by atoms with Crippen LogP contribution in [0.1, 0.15) is 25.3 Å². The van der Waals surface area contributed by atoms with E-state index in [4.69, 9.17) is 0 Å². The Morgan fingerprint density at radius 3 is 2.81 bits per heavy atom. The summed E-state index contributed by atoms with van der Waals surface area (Å²) in [6.07, 6.45) is 1.23. The molecule has 0 saturated heterocycles. The summed E-state index contributed by atoms with van der Waals surface area (Å²) in [6, 6.07) is 11.4. The van der Waals surface area contributed by atoms with Gasteiger partial charge in [0, 0.05) is 17.4 Å². The number of nitrogens with zero attached hydrogens (tertiary/aromatic N) is 2. The zero-order valence-electron chi connectivity index (χ0n) is 15.1. The second-order valence-electron chi connectivity index (χ2n) is 6.57. The van der Waals surface area contributed by atoms with Gasteiger partial charge in [0.2, 0.25) is 11.9 Å². The fourth-order valence-electron chi connectivity index (χ4n) is 3.14. The van der Waals surface area contributed by atoms with Gasteiger partial charge in [0.25, 0.3) is 5.56 Å². The molecule has 0 unspecified atom stereocenters. The minimum absolute atomic E-state index is 0.0689. The van der Waals surface area contributed by atoms with Crippen LogP contribution in [-0.4, -0.2) is 26.1 Å². The van der Waals surface area contributed by atoms with Crippen molar-refractivity contribution < 1.29 is 4.79 Å². The van der Waals surface area contributed by atoms with Crippen molar-refractivity contribution in [3.05, 3.63) is 52.3 Å². The van der Waals surface area contributed by atoms with Gasteiger partial charge in [-0.05, 0) is 37.6 Å². The molecule has 136 valence electrons. The third-order valence-corrected chi connectivity index (χ3v) is 4.43. The van der Waals surface area contributed by atoms with Gasteiger partial charge in [-0.15, -0.1) is 0 Å². The highest BCUT2D eigenvalue weighted by Crippen LogP contribution is 2.28. The number of nitrogens with one attached hydrogen (secondary N) is 3. The summed E-state index contributed by atoms with van der Waals surface area (Å²) in [4.78, 5) is 31.4. The highest BCUT2D eigenvalue weighted by atomic mass is 16.1. The summed E-state index contributed by atoms with van der Waals surface area (Å²) in [5.74, 6) is 0.358. The number of aryl methyl sites for hydroxylation is 1. The first kappa shape index (κ1) is 17.0. The number of fused-ring (bicyclic) bond motifs is 2. The van der Waals surface area contributed by atoms with Crippen molar-refractivity contribution in [2.24, 2.45) is 0 Å². The zero-order valence-corrected chi connectivity index (χ0v) is 15.1. The molecule has 4 rings (SSSR count). The molecule has 0 saturated carbocycles. The number of anilines is 1. The number of carbonyl (C=O) groups is 1. The van der Waals surface area contributed by atoms with E-state index in [0.29, 0.717) is 23.4 Å². The Morgan fingerprint density at radius 2 is 2.00 bits per heavy atom. The summed E-state index contributed by atoms with van der Waals surface area (Å²) >= 11 is 0. The predicted molar refractivity (Wildman–Crippen MR) is 106 cm³/mol. The maximum atomic E-state index is 12.1. The summed E-state index contributed by atoms with van der Waals surface area (Å²) in [6.45, 7) is 3.93. The van der Waals surface area contributed by atoms with Crippen LogP contribution in [0, 0.1) is 6.92 Å². The van der Waals surface area contributed by atoms with Gasteiger partial charge in [0.15, 0.2) is 0 Å². The van der Waals surface area contributed by atoms with Gasteiger partial charge >= 0.3 is 0 Å². The van der Waals surface area contributed by atoms with Crippen molar-refractivity contribution in [3.63, 3.8) is 0 Å². The second kappa shape index (κ2) is 6.68. The SMILES string of the molecule is CCCC(=O)Nc1nc2ccc(-c3n[nH]c(=O)c4ccc(C)cc34)cc2[nH]1. The maximum absolute atomic E-state index is 12.1. The molecule has 2 heterocycles. The van der Waals surface area contributed by atoms with Crippen molar-refractivity contribution in [2.45, 2.75) is 26.7 Å². The number of hydrogen-bond acceptors (Lipinski definition) is 4. The van der Waals surface area contributed by atoms with E-state index in [1.807, 2.05) is 50.2 Å². The van der Waals surface area contributed by atoms with E-state index in [1.165, 1.54) is 0 Å². The molecule has 0 aliphatic heterocycles. The van der Waals surface area contributed by atoms with Crippen LogP contribution < -0.4 is 10.9 Å². The Bertz CT molecular complexity index is 1220. The third-order valence-electron chi connectivity index (χ3n) is 4.43. The van der Waals surface area contributed by atoms with Crippen LogP contribution in [0.4, 0.5) is 5.95 Å². The molecule has 2 aromatic heterocycles. The molecule has 1 amide bonds. The van der Waals surface area contributed by atoms with E-state index in [0.717, 1.165) is 34.0 Å². The summed E-state index contributed by atoms with van der Waals surface area (Å²) < 4.78 is 0. The molecule has 0 bridgehead atoms. The van der Waals surface area contributed by atoms with E-state index in [9.17, 15) is 9.59 Å². The molecule has 0 spiro atoms. The number of carbonyl (C=O) groups excluding carboxylic acids is 1. The lowest BCUT2D eigenvalue weighted by Crippen LogP contribution is -2.11. The van der Waals surface area contributed by atoms with Gasteiger partial charge in [-0.25, -0.2) is 10.1 Å². The molecular weight excluding hydrogens is 342 g/mol. The highest BCUT2D eigenvalue weighted by Gasteiger charge is 2.12. The van der Waals surface area contributed by atoms with Gasteiger partial charge in [0.1, 0.15) is 0 Å². The van der Waals surface area contributed by atoms with Gasteiger partial charge in [0.05, 0.1) is 22.1 Å². The number of benzene rings is 2. The Kier molecular flexibility index (Phi) is 4.19. The van der Waals surface area contributed by atoms with Crippen LogP contribution in [0.3, 0.4) is 0 Å². The van der Waals surface area contributed by atoms with E-state index in [2.05, 4.69) is 25.5 Å². The lowest BCUT2D eigenvalue weighted by atomic mass is 10.0. The number of rotatable bonds is 4. The first-order chi connectivity index (χ1) is 13.0. The largest absolute Gasteiger partial charge is 0.324 e. The molecule has 0 radical (unpaired) electrons. The summed E-state index contributed by atoms with van der Waals surface area (Å²) in [5.41, 5.74) is 3.92. The second-order valence-corrected chi connectivity index (χ2v) is 6.57. The topological polar surface area (TPSA) is 104 Å². The van der Waals surface area contributed by atoms with E-state index in [-0.39, 0.29) is 11.5 Å². The first-order valence-corrected chi connectivity index (χ1v) is 8.84. The van der Waals surface area contributed by atoms with Crippen molar-refractivity contribution in [1.29, 1.82) is 0 Å². The Hall–Kier alpha value is -3.48. The summed E-state index contributed by atoms with van der Waals surface area (Å²) in [5, 5.41) is 11.0. The Morgan fingerprint density at radius 1 is 1.15 bits per heavy atom. The van der Waals surface area contributed by atoms with Crippen LogP contribution in [0.15, 0.2) is 41.2 Å². The molecule has 27 heavy (non-hydrogen) atoms. The van der Waals surface area contributed by atoms with E-state index < -0.39 is 0 Å². The van der Waals surface area contributed by atoms with Crippen LogP contribution in [0.2, 0.25) is 0 Å². The predicted octanol–water partition coefficient (Wildman–Crippen LogP) is 3.51. The molecule has 0 fully saturated rings. The highest BCUT2D eigenvalue weighted by molar-refractivity contribution is 5.96. The maximum Gasteiger partial charge on any atom is 0.272 e. The lowest BCUT2D eigenvalue weighted by molar-refractivity contribution is -0.116. The van der Waals surface area contributed by atoms with Gasteiger partial charge < -0.3 is 4.98 Å². The molecule has 2 aromatic carbocycles. The minimum Gasteiger partial charge on any atom is -0.324 e. The molecule has 3 N–H and O–H groups in total. The van der Waals surface area contributed by atoms with Crippen molar-refractivity contribution >= 4 is 33.7 Å². The van der Waals surface area contributed by atoms with Crippen molar-refractivity contribution in [3.8, 4) is 11.3 Å². The fourth-order valence-corrected chi connectivity index (χ4v) is 3.14. The Balaban J connectivity index is 1.80. The smallest absolute Gasteiger partial charge is 0.272 e. The molecule has 7 heteroatoms. The zero-order chi connectivity index (χ0) is 19.0. The normalized spacial score (nSPS) is 11.2. The first-order valence-electron chi connectivity index (χ1n) is 8.84. The third kappa shape index (κ3) is 3.19. The molecule has 0 atom stereocenters. The van der Waals surface area contributed by atoms with Gasteiger partial charge in [-0.1, -0.05) is 24.6 Å². The molecule has 7 nitrogen and oxygen atoms in total. The molecule has 0 aliphatic rings. The van der Waals surface area contributed by atoms with Crippen LogP contribution >= 0.6 is 0 Å². The van der Waals surface area contributed by atoms with E-state index >= 15 is 0 Å². The molecule has 4 aromatic rings. The van der Waals surface area contributed by atoms with Gasteiger partial charge in [-0.3, -0.25) is 14.9 Å². The molecule has 0 aliphatic carbocycles. The number of amides is 1. The monoisotopic (exact) mass is 361 g/mol. The average Bonchev–Trinajstić information content (AvgIpc) is 3.03. The van der Waals surface area contributed by atoms with E-state index in [1.54, 1.807) is 0 Å². The Labute approximate surface area is 154 Å². The fraction of sp³-hybridized carbons (Fsp3) is 0.200. The van der Waals surface area contributed by atoms with Crippen LogP contribution in [-0.2, 0) is 4.79 Å². The van der Waals surface area contributed by atoms with Crippen LogP contribution in [0.5, 0.6) is 0 Å². The number of aromatic nitrogens is 4. The van der Waals surface area contributed by atoms with Gasteiger partial charge in [-0.2, -0.15) is 5.10 Å². The standard InChI is InChI=1S/C20H19N5O2/c1-3-4-17(26)23-20-21-15-8-6-12(10-16(15)22-20)18-14-9-11(2)5-7-13(14)19(27)25-24-18/h5-10H,3-4H2,1-2H3,(H,25,27)(H2,21,22,23,26). The number of H-pyrrole nitrogens is 2. The quantitative estimate of drug-likeness (QED) is 0.517. The number of aromatic amines is 2. The summed E-state index contributed by atoms with van der Waals surface area (Å²) in [7, 11) is 0. The van der Waals surface area contributed by atoms with Crippen molar-refractivity contribution in [2.75, 3.05) is 5.32 Å². The number of hydrogen-bond donors (Lipinski definition) is 3. The molecular formula is C20H19N5O2. The van der Waals surface area contributed by atoms with Crippen molar-refractivity contribution in [1.82, 2.24) is 20.2 Å². The number of imidazole rings is 1. The minimum atomic E-state index is -0.211.